The van der Waals surface area contributed by atoms with E-state index in [9.17, 15) is 18.0 Å². The van der Waals surface area contributed by atoms with Gasteiger partial charge in [-0.05, 0) is 58.1 Å². The fourth-order valence-electron chi connectivity index (χ4n) is 2.82. The van der Waals surface area contributed by atoms with Crippen LogP contribution < -0.4 is 5.32 Å². The maximum Gasteiger partial charge on any atom is 0.416 e. The van der Waals surface area contributed by atoms with Crippen LogP contribution in [0.2, 0.25) is 0 Å². The first-order chi connectivity index (χ1) is 12.4. The molecule has 0 spiro atoms. The van der Waals surface area contributed by atoms with Crippen LogP contribution in [0.15, 0.2) is 48.5 Å². The highest BCUT2D eigenvalue weighted by Crippen LogP contribution is 2.32. The monoisotopic (exact) mass is 378 g/mol. The zero-order chi connectivity index (χ0) is 20.4. The highest BCUT2D eigenvalue weighted by molar-refractivity contribution is 5.96. The Kier molecular flexibility index (Phi) is 6.00. The van der Waals surface area contributed by atoms with Gasteiger partial charge in [0, 0.05) is 11.1 Å². The second-order valence-corrected chi connectivity index (χ2v) is 7.39. The molecular formula is C21H25F3N2O. The number of halogens is 3. The van der Waals surface area contributed by atoms with Crippen molar-refractivity contribution in [2.75, 3.05) is 14.1 Å². The molecule has 1 unspecified atom stereocenters. The summed E-state index contributed by atoms with van der Waals surface area (Å²) >= 11 is 0. The van der Waals surface area contributed by atoms with Gasteiger partial charge in [0.05, 0.1) is 11.6 Å². The lowest BCUT2D eigenvalue weighted by atomic mass is 9.87. The number of carbonyl (C=O) groups excluding carboxylic acids is 1. The Hall–Kier alpha value is -2.34. The molecule has 3 nitrogen and oxygen atoms in total. The molecule has 27 heavy (non-hydrogen) atoms. The van der Waals surface area contributed by atoms with E-state index in [-0.39, 0.29) is 5.56 Å². The smallest absolute Gasteiger partial charge is 0.343 e. The molecule has 0 aliphatic rings. The summed E-state index contributed by atoms with van der Waals surface area (Å²) in [7, 11) is 3.80. The first kappa shape index (κ1) is 21.0. The van der Waals surface area contributed by atoms with Crippen molar-refractivity contribution in [3.8, 4) is 0 Å². The molecular weight excluding hydrogens is 353 g/mol. The van der Waals surface area contributed by atoms with Gasteiger partial charge in [0.2, 0.25) is 0 Å². The van der Waals surface area contributed by atoms with Gasteiger partial charge in [0.25, 0.3) is 5.91 Å². The number of aryl methyl sites for hydroxylation is 1. The number of rotatable bonds is 5. The normalized spacial score (nSPS) is 13.5. The number of hydrogen-bond donors (Lipinski definition) is 1. The van der Waals surface area contributed by atoms with Gasteiger partial charge in [-0.15, -0.1) is 0 Å². The fraction of sp³-hybridized carbons (Fsp3) is 0.381. The molecule has 0 saturated heterocycles. The molecule has 0 saturated carbocycles. The van der Waals surface area contributed by atoms with E-state index in [0.717, 1.165) is 17.7 Å². The summed E-state index contributed by atoms with van der Waals surface area (Å²) < 4.78 is 39.1. The lowest BCUT2D eigenvalue weighted by molar-refractivity contribution is -0.137. The fourth-order valence-corrected chi connectivity index (χ4v) is 2.82. The number of alkyl halides is 3. The summed E-state index contributed by atoms with van der Waals surface area (Å²) in [5.74, 6) is -0.526. The standard InChI is InChI=1S/C21H25F3N2O/c1-14-11-12-16(21(22,23)24)13-17(14)19(27)25-18(20(2,3)26(4)5)15-9-7-6-8-10-15/h6-13,18H,1-5H3,(H,25,27). The highest BCUT2D eigenvalue weighted by Gasteiger charge is 2.35. The molecule has 6 heteroatoms. The van der Waals surface area contributed by atoms with Gasteiger partial charge in [-0.1, -0.05) is 36.4 Å². The van der Waals surface area contributed by atoms with Crippen LogP contribution in [0.4, 0.5) is 13.2 Å². The van der Waals surface area contributed by atoms with Crippen molar-refractivity contribution in [3.63, 3.8) is 0 Å². The predicted molar refractivity (Wildman–Crippen MR) is 101 cm³/mol. The summed E-state index contributed by atoms with van der Waals surface area (Å²) in [5, 5.41) is 2.94. The molecule has 2 aromatic rings. The van der Waals surface area contributed by atoms with Gasteiger partial charge >= 0.3 is 6.18 Å². The zero-order valence-electron chi connectivity index (χ0n) is 16.2. The van der Waals surface area contributed by atoms with E-state index in [4.69, 9.17) is 0 Å². The highest BCUT2D eigenvalue weighted by atomic mass is 19.4. The zero-order valence-corrected chi connectivity index (χ0v) is 16.2. The van der Waals surface area contributed by atoms with Crippen LogP contribution in [-0.4, -0.2) is 30.4 Å². The van der Waals surface area contributed by atoms with Crippen molar-refractivity contribution in [2.45, 2.75) is 38.5 Å². The quantitative estimate of drug-likeness (QED) is 0.809. The summed E-state index contributed by atoms with van der Waals surface area (Å²) in [5.41, 5.74) is 0.109. The average molecular weight is 378 g/mol. The van der Waals surface area contributed by atoms with E-state index in [1.54, 1.807) is 6.92 Å². The summed E-state index contributed by atoms with van der Waals surface area (Å²) in [6, 6.07) is 12.2. The van der Waals surface area contributed by atoms with Crippen molar-refractivity contribution in [1.82, 2.24) is 10.2 Å². The molecule has 2 rings (SSSR count). The number of carbonyl (C=O) groups is 1. The molecule has 0 aliphatic carbocycles. The Balaban J connectivity index is 2.43. The first-order valence-corrected chi connectivity index (χ1v) is 8.65. The van der Waals surface area contributed by atoms with Gasteiger partial charge in [-0.3, -0.25) is 4.79 Å². The van der Waals surface area contributed by atoms with Gasteiger partial charge in [-0.25, -0.2) is 0 Å². The van der Waals surface area contributed by atoms with E-state index < -0.39 is 29.2 Å². The van der Waals surface area contributed by atoms with Crippen LogP contribution in [0, 0.1) is 6.92 Å². The molecule has 1 N–H and O–H groups in total. The molecule has 0 bridgehead atoms. The van der Waals surface area contributed by atoms with Crippen LogP contribution >= 0.6 is 0 Å². The molecule has 0 radical (unpaired) electrons. The van der Waals surface area contributed by atoms with Gasteiger partial charge in [-0.2, -0.15) is 13.2 Å². The Bertz CT molecular complexity index is 799. The molecule has 0 fully saturated rings. The van der Waals surface area contributed by atoms with Crippen LogP contribution in [-0.2, 0) is 6.18 Å². The summed E-state index contributed by atoms with van der Waals surface area (Å²) in [6.07, 6.45) is -4.50. The van der Waals surface area contributed by atoms with Gasteiger partial charge in [0.15, 0.2) is 0 Å². The second kappa shape index (κ2) is 7.72. The Labute approximate surface area is 158 Å². The maximum atomic E-state index is 13.0. The molecule has 146 valence electrons. The van der Waals surface area contributed by atoms with Gasteiger partial charge in [0.1, 0.15) is 0 Å². The molecule has 0 aromatic heterocycles. The Morgan fingerprint density at radius 2 is 1.63 bits per heavy atom. The molecule has 0 aliphatic heterocycles. The molecule has 1 amide bonds. The van der Waals surface area contributed by atoms with Crippen molar-refractivity contribution in [1.29, 1.82) is 0 Å². The number of nitrogens with one attached hydrogen (secondary N) is 1. The summed E-state index contributed by atoms with van der Waals surface area (Å²) in [6.45, 7) is 5.58. The van der Waals surface area contributed by atoms with Crippen molar-refractivity contribution in [3.05, 3.63) is 70.8 Å². The lowest BCUT2D eigenvalue weighted by Gasteiger charge is -2.41. The minimum atomic E-state index is -4.50. The van der Waals surface area contributed by atoms with Crippen LogP contribution in [0.5, 0.6) is 0 Å². The third-order valence-corrected chi connectivity index (χ3v) is 5.08. The molecule has 2 aromatic carbocycles. The third-order valence-electron chi connectivity index (χ3n) is 5.08. The number of hydrogen-bond acceptors (Lipinski definition) is 2. The Morgan fingerprint density at radius 3 is 2.15 bits per heavy atom. The minimum Gasteiger partial charge on any atom is -0.343 e. The largest absolute Gasteiger partial charge is 0.416 e. The lowest BCUT2D eigenvalue weighted by Crippen LogP contribution is -2.50. The Morgan fingerprint density at radius 1 is 1.04 bits per heavy atom. The molecule has 0 heterocycles. The van der Waals surface area contributed by atoms with E-state index >= 15 is 0 Å². The van der Waals surface area contributed by atoms with Crippen molar-refractivity contribution < 1.29 is 18.0 Å². The number of likely N-dealkylation sites (N-methyl/N-ethyl adjacent to an activating group) is 1. The van der Waals surface area contributed by atoms with Crippen molar-refractivity contribution >= 4 is 5.91 Å². The van der Waals surface area contributed by atoms with E-state index in [1.165, 1.54) is 6.07 Å². The van der Waals surface area contributed by atoms with E-state index in [1.807, 2.05) is 63.2 Å². The van der Waals surface area contributed by atoms with Crippen LogP contribution in [0.3, 0.4) is 0 Å². The maximum absolute atomic E-state index is 13.0. The van der Waals surface area contributed by atoms with Gasteiger partial charge < -0.3 is 10.2 Å². The number of nitrogens with zero attached hydrogens (tertiary/aromatic N) is 1. The molecule has 1 atom stereocenters. The second-order valence-electron chi connectivity index (χ2n) is 7.39. The SMILES string of the molecule is Cc1ccc(C(F)(F)F)cc1C(=O)NC(c1ccccc1)C(C)(C)N(C)C. The number of amides is 1. The average Bonchev–Trinajstić information content (AvgIpc) is 2.59. The topological polar surface area (TPSA) is 32.3 Å². The third kappa shape index (κ3) is 4.69. The summed E-state index contributed by atoms with van der Waals surface area (Å²) in [4.78, 5) is 14.9. The van der Waals surface area contributed by atoms with Crippen LogP contribution in [0.25, 0.3) is 0 Å². The van der Waals surface area contributed by atoms with Crippen molar-refractivity contribution in [2.24, 2.45) is 0 Å². The minimum absolute atomic E-state index is 0.0281. The van der Waals surface area contributed by atoms with Crippen LogP contribution in [0.1, 0.15) is 46.9 Å². The van der Waals surface area contributed by atoms with E-state index in [2.05, 4.69) is 5.32 Å². The number of benzene rings is 2. The first-order valence-electron chi connectivity index (χ1n) is 8.65. The van der Waals surface area contributed by atoms with E-state index in [0.29, 0.717) is 5.56 Å². The predicted octanol–water partition coefficient (Wildman–Crippen LogP) is 4.83.